The number of halogens is 1. The van der Waals surface area contributed by atoms with E-state index in [0.29, 0.717) is 16.2 Å². The van der Waals surface area contributed by atoms with Crippen LogP contribution in [0.15, 0.2) is 32.4 Å². The molecule has 0 bridgehead atoms. The van der Waals surface area contributed by atoms with Crippen LogP contribution in [0.1, 0.15) is 0 Å². The fourth-order valence-corrected chi connectivity index (χ4v) is 1.24. The summed E-state index contributed by atoms with van der Waals surface area (Å²) in [5.41, 5.74) is 0.503. The van der Waals surface area contributed by atoms with Crippen molar-refractivity contribution < 1.29 is 4.52 Å². The maximum absolute atomic E-state index is 11.3. The molecule has 2 heterocycles. The number of pyridine rings is 1. The molecular formula is C8H6BrN3O2. The molecule has 0 amide bonds. The summed E-state index contributed by atoms with van der Waals surface area (Å²) in [6, 6.07) is 3.18. The highest BCUT2D eigenvalue weighted by atomic mass is 79.9. The zero-order chi connectivity index (χ0) is 10.1. The molecule has 0 aliphatic rings. The minimum atomic E-state index is -0.114. The third-order valence-electron chi connectivity index (χ3n) is 1.75. The maximum atomic E-state index is 11.3. The van der Waals surface area contributed by atoms with Gasteiger partial charge in [0.15, 0.2) is 0 Å². The van der Waals surface area contributed by atoms with Gasteiger partial charge in [0.05, 0.1) is 0 Å². The Bertz CT molecular complexity index is 517. The van der Waals surface area contributed by atoms with Gasteiger partial charge < -0.3 is 9.09 Å². The van der Waals surface area contributed by atoms with E-state index in [2.05, 4.69) is 26.1 Å². The third-order valence-corrected chi connectivity index (χ3v) is 2.07. The molecule has 0 fully saturated rings. The van der Waals surface area contributed by atoms with Crippen LogP contribution in [0.25, 0.3) is 11.5 Å². The lowest BCUT2D eigenvalue weighted by Gasteiger charge is -1.96. The number of aromatic nitrogens is 3. The Morgan fingerprint density at radius 3 is 2.93 bits per heavy atom. The lowest BCUT2D eigenvalue weighted by atomic mass is 10.3. The molecule has 0 N–H and O–H groups in total. The Kier molecular flexibility index (Phi) is 2.20. The second-order valence-electron chi connectivity index (χ2n) is 2.73. The van der Waals surface area contributed by atoms with Crippen LogP contribution in [-0.2, 0) is 7.05 Å². The summed E-state index contributed by atoms with van der Waals surface area (Å²) in [5, 5.41) is 3.57. The van der Waals surface area contributed by atoms with Crippen molar-refractivity contribution in [3.05, 3.63) is 33.4 Å². The molecular weight excluding hydrogens is 250 g/mol. The van der Waals surface area contributed by atoms with Crippen LogP contribution in [-0.4, -0.2) is 14.7 Å². The third kappa shape index (κ3) is 1.60. The van der Waals surface area contributed by atoms with E-state index >= 15 is 0 Å². The van der Waals surface area contributed by atoms with Crippen molar-refractivity contribution in [3.63, 3.8) is 0 Å². The van der Waals surface area contributed by atoms with Crippen molar-refractivity contribution in [1.29, 1.82) is 0 Å². The fraction of sp³-hybridized carbons (Fsp3) is 0.125. The van der Waals surface area contributed by atoms with Crippen molar-refractivity contribution in [2.45, 2.75) is 0 Å². The molecule has 5 nitrogen and oxygen atoms in total. The molecule has 0 saturated heterocycles. The number of rotatable bonds is 1. The van der Waals surface area contributed by atoms with Crippen LogP contribution in [0, 0.1) is 0 Å². The molecule has 2 aromatic rings. The molecule has 0 saturated carbocycles. The van der Waals surface area contributed by atoms with Gasteiger partial charge in [-0.2, -0.15) is 4.98 Å². The zero-order valence-electron chi connectivity index (χ0n) is 7.27. The van der Waals surface area contributed by atoms with Gasteiger partial charge in [-0.3, -0.25) is 4.79 Å². The van der Waals surface area contributed by atoms with Gasteiger partial charge in [-0.05, 0) is 27.2 Å². The quantitative estimate of drug-likeness (QED) is 0.769. The molecule has 2 aromatic heterocycles. The molecule has 0 aromatic carbocycles. The van der Waals surface area contributed by atoms with Crippen molar-refractivity contribution in [1.82, 2.24) is 14.7 Å². The Balaban J connectivity index is 2.53. The van der Waals surface area contributed by atoms with Gasteiger partial charge in [0.1, 0.15) is 0 Å². The highest BCUT2D eigenvalue weighted by molar-refractivity contribution is 9.10. The Labute approximate surface area is 87.5 Å². The van der Waals surface area contributed by atoms with Crippen molar-refractivity contribution in [2.24, 2.45) is 7.05 Å². The normalized spacial score (nSPS) is 10.4. The van der Waals surface area contributed by atoms with Gasteiger partial charge >= 0.3 is 0 Å². The van der Waals surface area contributed by atoms with E-state index in [-0.39, 0.29) is 5.56 Å². The van der Waals surface area contributed by atoms with Crippen molar-refractivity contribution in [2.75, 3.05) is 0 Å². The first-order valence-corrected chi connectivity index (χ1v) is 4.62. The molecule has 6 heteroatoms. The van der Waals surface area contributed by atoms with Crippen LogP contribution in [0.3, 0.4) is 0 Å². The van der Waals surface area contributed by atoms with Gasteiger partial charge in [-0.15, -0.1) is 0 Å². The smallest absolute Gasteiger partial charge is 0.258 e. The molecule has 14 heavy (non-hydrogen) atoms. The van der Waals surface area contributed by atoms with Crippen LogP contribution >= 0.6 is 15.9 Å². The van der Waals surface area contributed by atoms with Crippen molar-refractivity contribution >= 4 is 15.9 Å². The number of nitrogens with zero attached hydrogens (tertiary/aromatic N) is 3. The SMILES string of the molecule is Cn1ccc(-c2nc(Br)no2)cc1=O. The molecule has 0 radical (unpaired) electrons. The summed E-state index contributed by atoms with van der Waals surface area (Å²) in [7, 11) is 1.68. The summed E-state index contributed by atoms with van der Waals surface area (Å²) in [4.78, 5) is 15.2. The summed E-state index contributed by atoms with van der Waals surface area (Å²) in [6.07, 6.45) is 1.65. The van der Waals surface area contributed by atoms with Crippen LogP contribution in [0.5, 0.6) is 0 Å². The topological polar surface area (TPSA) is 60.9 Å². The summed E-state index contributed by atoms with van der Waals surface area (Å²) < 4.78 is 6.72. The largest absolute Gasteiger partial charge is 0.333 e. The molecule has 0 aliphatic carbocycles. The molecule has 72 valence electrons. The minimum absolute atomic E-state index is 0.114. The summed E-state index contributed by atoms with van der Waals surface area (Å²) >= 11 is 3.06. The predicted octanol–water partition coefficient (Wildman–Crippen LogP) is 1.20. The first kappa shape index (κ1) is 9.14. The van der Waals surface area contributed by atoms with Crippen LogP contribution in [0.4, 0.5) is 0 Å². The van der Waals surface area contributed by atoms with E-state index in [0.717, 1.165) is 0 Å². The van der Waals surface area contributed by atoms with Crippen molar-refractivity contribution in [3.8, 4) is 11.5 Å². The van der Waals surface area contributed by atoms with Gasteiger partial charge in [-0.1, -0.05) is 0 Å². The number of aryl methyl sites for hydroxylation is 1. The van der Waals surface area contributed by atoms with Gasteiger partial charge in [0, 0.05) is 24.9 Å². The lowest BCUT2D eigenvalue weighted by molar-refractivity contribution is 0.426. The fourth-order valence-electron chi connectivity index (χ4n) is 1.00. The molecule has 0 atom stereocenters. The van der Waals surface area contributed by atoms with Crippen LogP contribution < -0.4 is 5.56 Å². The zero-order valence-corrected chi connectivity index (χ0v) is 8.85. The molecule has 0 unspecified atom stereocenters. The maximum Gasteiger partial charge on any atom is 0.258 e. The van der Waals surface area contributed by atoms with Gasteiger partial charge in [0.2, 0.25) is 4.73 Å². The van der Waals surface area contributed by atoms with Gasteiger partial charge in [-0.25, -0.2) is 0 Å². The highest BCUT2D eigenvalue weighted by Crippen LogP contribution is 2.16. The standard InChI is InChI=1S/C8H6BrN3O2/c1-12-3-2-5(4-6(12)13)7-10-8(9)11-14-7/h2-4H,1H3. The predicted molar refractivity (Wildman–Crippen MR) is 52.7 cm³/mol. The summed E-state index contributed by atoms with van der Waals surface area (Å²) in [5.74, 6) is 0.328. The Morgan fingerprint density at radius 2 is 2.36 bits per heavy atom. The molecule has 0 spiro atoms. The Morgan fingerprint density at radius 1 is 1.57 bits per heavy atom. The number of hydrogen-bond acceptors (Lipinski definition) is 4. The van der Waals surface area contributed by atoms with Gasteiger partial charge in [0.25, 0.3) is 11.4 Å². The van der Waals surface area contributed by atoms with E-state index in [1.54, 1.807) is 19.3 Å². The average molecular weight is 256 g/mol. The number of hydrogen-bond donors (Lipinski definition) is 0. The lowest BCUT2D eigenvalue weighted by Crippen LogP contribution is -2.14. The van der Waals surface area contributed by atoms with E-state index in [4.69, 9.17) is 4.52 Å². The second kappa shape index (κ2) is 3.38. The van der Waals surface area contributed by atoms with E-state index in [1.165, 1.54) is 10.6 Å². The van der Waals surface area contributed by atoms with E-state index < -0.39 is 0 Å². The Hall–Kier alpha value is -1.43. The molecule has 2 rings (SSSR count). The van der Waals surface area contributed by atoms with E-state index in [9.17, 15) is 4.79 Å². The highest BCUT2D eigenvalue weighted by Gasteiger charge is 2.07. The molecule has 0 aliphatic heterocycles. The summed E-state index contributed by atoms with van der Waals surface area (Å²) in [6.45, 7) is 0. The first-order valence-electron chi connectivity index (χ1n) is 3.83. The second-order valence-corrected chi connectivity index (χ2v) is 3.44. The first-order chi connectivity index (χ1) is 6.66. The van der Waals surface area contributed by atoms with Crippen LogP contribution in [0.2, 0.25) is 0 Å². The minimum Gasteiger partial charge on any atom is -0.333 e. The average Bonchev–Trinajstić information content (AvgIpc) is 2.57. The monoisotopic (exact) mass is 255 g/mol. The van der Waals surface area contributed by atoms with E-state index in [1.807, 2.05) is 0 Å².